The van der Waals surface area contributed by atoms with E-state index in [9.17, 15) is 13.6 Å². The van der Waals surface area contributed by atoms with Gasteiger partial charge in [-0.1, -0.05) is 30.3 Å². The van der Waals surface area contributed by atoms with E-state index in [0.29, 0.717) is 37.9 Å². The van der Waals surface area contributed by atoms with E-state index in [2.05, 4.69) is 15.3 Å². The molecule has 1 aromatic carbocycles. The zero-order valence-corrected chi connectivity index (χ0v) is 17.7. The number of hydrogen-bond acceptors (Lipinski definition) is 6. The number of thioether (sulfide) groups is 1. The van der Waals surface area contributed by atoms with Crippen LogP contribution in [0, 0.1) is 0 Å². The number of pyridine rings is 1. The van der Waals surface area contributed by atoms with Gasteiger partial charge >= 0.3 is 0 Å². The van der Waals surface area contributed by atoms with Crippen LogP contribution < -0.4 is 0 Å². The van der Waals surface area contributed by atoms with Crippen LogP contribution in [0.15, 0.2) is 59.1 Å². The lowest BCUT2D eigenvalue weighted by Gasteiger charge is -2.34. The van der Waals surface area contributed by atoms with Crippen LogP contribution in [0.4, 0.5) is 8.78 Å². The van der Waals surface area contributed by atoms with Gasteiger partial charge in [0.2, 0.25) is 0 Å². The quantitative estimate of drug-likeness (QED) is 0.523. The normalized spacial score (nSPS) is 15.0. The van der Waals surface area contributed by atoms with Gasteiger partial charge in [0.25, 0.3) is 11.7 Å². The highest BCUT2D eigenvalue weighted by molar-refractivity contribution is 7.99. The summed E-state index contributed by atoms with van der Waals surface area (Å²) in [6, 6.07) is 13.2. The van der Waals surface area contributed by atoms with Gasteiger partial charge in [-0.15, -0.1) is 11.3 Å². The van der Waals surface area contributed by atoms with E-state index in [1.165, 1.54) is 6.20 Å². The lowest BCUT2D eigenvalue weighted by atomic mass is 10.2. The van der Waals surface area contributed by atoms with Crippen LogP contribution in [0.5, 0.6) is 0 Å². The van der Waals surface area contributed by atoms with Gasteiger partial charge < -0.3 is 4.90 Å². The first-order valence-corrected chi connectivity index (χ1v) is 11.3. The smallest absolute Gasteiger partial charge is 0.290 e. The van der Waals surface area contributed by atoms with E-state index >= 15 is 0 Å². The summed E-state index contributed by atoms with van der Waals surface area (Å²) in [7, 11) is 0. The van der Waals surface area contributed by atoms with Crippen molar-refractivity contribution in [2.75, 3.05) is 26.2 Å². The number of alkyl halides is 2. The predicted molar refractivity (Wildman–Crippen MR) is 115 cm³/mol. The van der Waals surface area contributed by atoms with Crippen LogP contribution in [0.2, 0.25) is 0 Å². The minimum absolute atomic E-state index is 0.0795. The first kappa shape index (κ1) is 20.9. The maximum absolute atomic E-state index is 12.8. The van der Waals surface area contributed by atoms with Crippen molar-refractivity contribution in [3.8, 4) is 10.6 Å². The Labute approximate surface area is 181 Å². The molecule has 0 radical (unpaired) electrons. The van der Waals surface area contributed by atoms with Crippen molar-refractivity contribution in [1.29, 1.82) is 0 Å². The Morgan fingerprint density at radius 3 is 2.60 bits per heavy atom. The summed E-state index contributed by atoms with van der Waals surface area (Å²) in [5, 5.41) is 3.15. The third kappa shape index (κ3) is 5.03. The van der Waals surface area contributed by atoms with E-state index in [1.807, 2.05) is 30.3 Å². The fourth-order valence-corrected chi connectivity index (χ4v) is 4.72. The molecule has 1 aliphatic rings. The fraction of sp³-hybridized carbons (Fsp3) is 0.286. The number of halogens is 2. The van der Waals surface area contributed by atoms with Gasteiger partial charge in [-0.05, 0) is 23.9 Å². The van der Waals surface area contributed by atoms with Crippen molar-refractivity contribution in [3.05, 3.63) is 65.3 Å². The molecule has 0 bridgehead atoms. The summed E-state index contributed by atoms with van der Waals surface area (Å²) in [5.74, 6) is -2.85. The van der Waals surface area contributed by atoms with E-state index in [0.717, 1.165) is 22.8 Å². The van der Waals surface area contributed by atoms with Crippen molar-refractivity contribution >= 4 is 29.0 Å². The number of thiazole rings is 1. The summed E-state index contributed by atoms with van der Waals surface area (Å²) in [4.78, 5) is 25.5. The molecule has 0 unspecified atom stereocenters. The molecule has 4 rings (SSSR count). The number of carbonyl (C=O) groups excluding carboxylic acids is 1. The van der Waals surface area contributed by atoms with E-state index in [1.54, 1.807) is 28.4 Å². The summed E-state index contributed by atoms with van der Waals surface area (Å²) in [5.41, 5.74) is 2.36. The SMILES string of the molecule is O=C(c1cccnc1SC(F)F)N1CCN(Cc2csc(-c3ccccc3)n2)CC1. The minimum Gasteiger partial charge on any atom is -0.336 e. The Bertz CT molecular complexity index is 991. The van der Waals surface area contributed by atoms with Gasteiger partial charge in [-0.2, -0.15) is 8.78 Å². The zero-order valence-electron chi connectivity index (χ0n) is 16.1. The third-order valence-electron chi connectivity index (χ3n) is 4.82. The van der Waals surface area contributed by atoms with E-state index < -0.39 is 5.76 Å². The van der Waals surface area contributed by atoms with E-state index in [-0.39, 0.29) is 16.5 Å². The molecule has 156 valence electrons. The molecule has 1 fully saturated rings. The first-order valence-electron chi connectivity index (χ1n) is 9.51. The van der Waals surface area contributed by atoms with Crippen molar-refractivity contribution in [2.45, 2.75) is 17.3 Å². The van der Waals surface area contributed by atoms with Crippen LogP contribution in [0.25, 0.3) is 10.6 Å². The molecule has 9 heteroatoms. The number of rotatable bonds is 6. The van der Waals surface area contributed by atoms with Gasteiger partial charge in [-0.3, -0.25) is 9.69 Å². The van der Waals surface area contributed by atoms with Crippen LogP contribution in [0.3, 0.4) is 0 Å². The summed E-state index contributed by atoms with van der Waals surface area (Å²) >= 11 is 1.94. The number of hydrogen-bond donors (Lipinski definition) is 0. The molecule has 1 amide bonds. The molecule has 3 heterocycles. The third-order valence-corrected chi connectivity index (χ3v) is 6.49. The van der Waals surface area contributed by atoms with Crippen molar-refractivity contribution in [1.82, 2.24) is 19.8 Å². The molecule has 0 aliphatic carbocycles. The van der Waals surface area contributed by atoms with E-state index in [4.69, 9.17) is 4.98 Å². The minimum atomic E-state index is -2.61. The van der Waals surface area contributed by atoms with Crippen LogP contribution >= 0.6 is 23.1 Å². The molecule has 3 aromatic rings. The summed E-state index contributed by atoms with van der Waals surface area (Å²) < 4.78 is 25.5. The molecular weight excluding hydrogens is 426 g/mol. The van der Waals surface area contributed by atoms with Crippen molar-refractivity contribution in [3.63, 3.8) is 0 Å². The van der Waals surface area contributed by atoms with Crippen LogP contribution in [-0.4, -0.2) is 57.6 Å². The molecule has 5 nitrogen and oxygen atoms in total. The largest absolute Gasteiger partial charge is 0.336 e. The molecule has 0 saturated carbocycles. The van der Waals surface area contributed by atoms with Gasteiger partial charge in [0.05, 0.1) is 11.3 Å². The summed E-state index contributed by atoms with van der Waals surface area (Å²) in [6.45, 7) is 3.23. The second-order valence-corrected chi connectivity index (χ2v) is 8.65. The molecule has 0 N–H and O–H groups in total. The lowest BCUT2D eigenvalue weighted by Crippen LogP contribution is -2.48. The fourth-order valence-electron chi connectivity index (χ4n) is 3.33. The summed E-state index contributed by atoms with van der Waals surface area (Å²) in [6.07, 6.45) is 1.43. The highest BCUT2D eigenvalue weighted by Crippen LogP contribution is 2.28. The lowest BCUT2D eigenvalue weighted by molar-refractivity contribution is 0.0623. The molecular formula is C21H20F2N4OS2. The highest BCUT2D eigenvalue weighted by atomic mass is 32.2. The highest BCUT2D eigenvalue weighted by Gasteiger charge is 2.25. The molecule has 30 heavy (non-hydrogen) atoms. The van der Waals surface area contributed by atoms with Gasteiger partial charge in [0.15, 0.2) is 0 Å². The standard InChI is InChI=1S/C21H20F2N4OS2/c22-21(23)30-19-17(7-4-8-24-19)20(28)27-11-9-26(10-12-27)13-16-14-29-18(25-16)15-5-2-1-3-6-15/h1-8,14,21H,9-13H2. The first-order chi connectivity index (χ1) is 14.6. The molecule has 0 atom stereocenters. The number of aromatic nitrogens is 2. The number of amides is 1. The number of piperazine rings is 1. The van der Waals surface area contributed by atoms with Gasteiger partial charge in [0, 0.05) is 49.9 Å². The van der Waals surface area contributed by atoms with Crippen molar-refractivity contribution < 1.29 is 13.6 Å². The second-order valence-electron chi connectivity index (χ2n) is 6.81. The van der Waals surface area contributed by atoms with Crippen molar-refractivity contribution in [2.24, 2.45) is 0 Å². The molecule has 2 aromatic heterocycles. The monoisotopic (exact) mass is 446 g/mol. The molecule has 1 saturated heterocycles. The van der Waals surface area contributed by atoms with Crippen LogP contribution in [-0.2, 0) is 6.54 Å². The Morgan fingerprint density at radius 2 is 1.87 bits per heavy atom. The zero-order chi connectivity index (χ0) is 20.9. The number of benzene rings is 1. The predicted octanol–water partition coefficient (Wildman–Crippen LogP) is 4.48. The molecule has 1 aliphatic heterocycles. The van der Waals surface area contributed by atoms with Gasteiger partial charge in [0.1, 0.15) is 10.0 Å². The topological polar surface area (TPSA) is 49.3 Å². The second kappa shape index (κ2) is 9.63. The van der Waals surface area contributed by atoms with Crippen LogP contribution in [0.1, 0.15) is 16.1 Å². The Balaban J connectivity index is 1.35. The maximum atomic E-state index is 12.8. The Hall–Kier alpha value is -2.36. The maximum Gasteiger partial charge on any atom is 0.290 e. The average molecular weight is 447 g/mol. The number of carbonyl (C=O) groups is 1. The number of nitrogens with zero attached hydrogens (tertiary/aromatic N) is 4. The average Bonchev–Trinajstić information content (AvgIpc) is 3.23. The Kier molecular flexibility index (Phi) is 6.71. The van der Waals surface area contributed by atoms with Gasteiger partial charge in [-0.25, -0.2) is 9.97 Å². The Morgan fingerprint density at radius 1 is 1.10 bits per heavy atom. The molecule has 0 spiro atoms.